The van der Waals surface area contributed by atoms with Crippen molar-refractivity contribution in [3.05, 3.63) is 65.7 Å². The summed E-state index contributed by atoms with van der Waals surface area (Å²) in [6.07, 6.45) is -6.34. The Hall–Kier alpha value is -5.28. The van der Waals surface area contributed by atoms with Crippen molar-refractivity contribution in [3.8, 4) is 0 Å². The second-order valence-electron chi connectivity index (χ2n) is 17.5. The molecule has 2 aliphatic rings. The standard InChI is InChI=1S/C45H63F3N6O11S/c1-9-27(4)37(53(6)41(58)36(26(2)3)50-43(60)61)34(64-7)25-35(55)54-23-13-16-33(54)38(65-8)28(5)39(56)49-32(24-29-14-11-10-12-15-29)40(57)52-66(62,63)31-19-17-30(18-20-31)44(21-22-44)51-42(59)45(46,47)48/h10-12,14-15,17-20,26-28,32-34,36-38,50H,9,13,16,21-25H2,1-8H3,(H,49,56)(H,51,59)(H,52,57)(H,60,61)/t27-,28+,32-,33-,34-,36-,37-,38+/m0/s1. The van der Waals surface area contributed by atoms with Crippen LogP contribution in [0.4, 0.5) is 18.0 Å². The Balaban J connectivity index is 1.51. The number of sulfonamides is 1. The number of nitrogens with one attached hydrogen (secondary N) is 4. The summed E-state index contributed by atoms with van der Waals surface area (Å²) in [6, 6.07) is 9.58. The van der Waals surface area contributed by atoms with Crippen LogP contribution >= 0.6 is 0 Å². The second kappa shape index (κ2) is 22.5. The normalized spacial score (nSPS) is 19.0. The van der Waals surface area contributed by atoms with E-state index < -0.39 is 93.8 Å². The first-order valence-electron chi connectivity index (χ1n) is 21.9. The molecule has 1 saturated heterocycles. The van der Waals surface area contributed by atoms with Gasteiger partial charge in [0.15, 0.2) is 0 Å². The van der Waals surface area contributed by atoms with Crippen LogP contribution in [0, 0.1) is 17.8 Å². The van der Waals surface area contributed by atoms with Crippen LogP contribution in [0.5, 0.6) is 0 Å². The van der Waals surface area contributed by atoms with Crippen LogP contribution < -0.4 is 20.7 Å². The fourth-order valence-electron chi connectivity index (χ4n) is 8.65. The third-order valence-corrected chi connectivity index (χ3v) is 14.1. The molecule has 6 amide bonds. The minimum Gasteiger partial charge on any atom is -0.465 e. The predicted octanol–water partition coefficient (Wildman–Crippen LogP) is 4.10. The molecule has 5 N–H and O–H groups in total. The Morgan fingerprint density at radius 3 is 2.06 bits per heavy atom. The van der Waals surface area contributed by atoms with Gasteiger partial charge in [-0.2, -0.15) is 13.2 Å². The maximum Gasteiger partial charge on any atom is 0.471 e. The van der Waals surface area contributed by atoms with Gasteiger partial charge in [0.05, 0.1) is 47.1 Å². The Bertz CT molecular complexity index is 2140. The molecule has 1 saturated carbocycles. The highest BCUT2D eigenvalue weighted by molar-refractivity contribution is 7.90. The lowest BCUT2D eigenvalue weighted by Crippen LogP contribution is -2.57. The molecule has 21 heteroatoms. The first-order chi connectivity index (χ1) is 30.9. The number of carbonyl (C=O) groups is 6. The third kappa shape index (κ3) is 13.2. The van der Waals surface area contributed by atoms with E-state index in [4.69, 9.17) is 9.47 Å². The summed E-state index contributed by atoms with van der Waals surface area (Å²) in [5, 5.41) is 16.4. The largest absolute Gasteiger partial charge is 0.471 e. The van der Waals surface area contributed by atoms with Crippen molar-refractivity contribution in [2.24, 2.45) is 17.8 Å². The van der Waals surface area contributed by atoms with Gasteiger partial charge < -0.3 is 40.3 Å². The lowest BCUT2D eigenvalue weighted by Gasteiger charge is -2.40. The summed E-state index contributed by atoms with van der Waals surface area (Å²) in [5.74, 6) is -6.18. The number of ether oxygens (including phenoxy) is 2. The Morgan fingerprint density at radius 2 is 1.55 bits per heavy atom. The molecule has 17 nitrogen and oxygen atoms in total. The van der Waals surface area contributed by atoms with Crippen molar-refractivity contribution in [1.82, 2.24) is 30.5 Å². The van der Waals surface area contributed by atoms with E-state index in [0.29, 0.717) is 31.4 Å². The van der Waals surface area contributed by atoms with E-state index in [2.05, 4.69) is 10.6 Å². The average Bonchev–Trinajstić information content (AvgIpc) is 3.89. The third-order valence-electron chi connectivity index (χ3n) is 12.7. The van der Waals surface area contributed by atoms with Crippen molar-refractivity contribution in [1.29, 1.82) is 0 Å². The second-order valence-corrected chi connectivity index (χ2v) is 19.2. The molecule has 2 aromatic rings. The number of benzene rings is 2. The Morgan fingerprint density at radius 1 is 0.924 bits per heavy atom. The van der Waals surface area contributed by atoms with E-state index in [-0.39, 0.29) is 53.9 Å². The maximum atomic E-state index is 14.2. The van der Waals surface area contributed by atoms with Gasteiger partial charge in [-0.1, -0.05) is 83.5 Å². The van der Waals surface area contributed by atoms with Gasteiger partial charge in [0, 0.05) is 34.2 Å². The molecule has 0 spiro atoms. The zero-order chi connectivity index (χ0) is 49.3. The molecule has 0 radical (unpaired) electrons. The molecule has 366 valence electrons. The summed E-state index contributed by atoms with van der Waals surface area (Å²) in [4.78, 5) is 81.7. The monoisotopic (exact) mass is 952 g/mol. The van der Waals surface area contributed by atoms with Crippen molar-refractivity contribution in [2.45, 2.75) is 133 Å². The fraction of sp³-hybridized carbons (Fsp3) is 0.600. The van der Waals surface area contributed by atoms with Gasteiger partial charge in [-0.05, 0) is 60.8 Å². The van der Waals surface area contributed by atoms with Gasteiger partial charge in [-0.15, -0.1) is 0 Å². The topological polar surface area (TPSA) is 230 Å². The number of carbonyl (C=O) groups excluding carboxylic acids is 5. The SMILES string of the molecule is CC[C@H](C)[C@@H]([C@H](CC(=O)N1CCC[C@H]1[C@H](OC)[C@@H](C)C(=O)N[C@@H](Cc1ccccc1)C(=O)NS(=O)(=O)c1ccc(C2(NC(=O)C(F)(F)F)CC2)cc1)OC)N(C)C(=O)[C@@H](NC(=O)O)C(C)C. The highest BCUT2D eigenvalue weighted by Gasteiger charge is 2.51. The van der Waals surface area contributed by atoms with E-state index in [9.17, 15) is 55.5 Å². The van der Waals surface area contributed by atoms with Crippen LogP contribution in [0.1, 0.15) is 84.3 Å². The zero-order valence-corrected chi connectivity index (χ0v) is 39.3. The molecule has 1 aliphatic carbocycles. The number of nitrogens with zero attached hydrogens (tertiary/aromatic N) is 2. The number of alkyl halides is 3. The molecular weight excluding hydrogens is 890 g/mol. The van der Waals surface area contributed by atoms with Gasteiger partial charge in [-0.25, -0.2) is 17.9 Å². The highest BCUT2D eigenvalue weighted by Crippen LogP contribution is 2.46. The van der Waals surface area contributed by atoms with Gasteiger partial charge >= 0.3 is 18.2 Å². The van der Waals surface area contributed by atoms with Gasteiger partial charge in [0.25, 0.3) is 15.9 Å². The lowest BCUT2D eigenvalue weighted by atomic mass is 9.89. The lowest BCUT2D eigenvalue weighted by molar-refractivity contribution is -0.174. The number of amides is 6. The molecule has 1 aliphatic heterocycles. The molecule has 2 aromatic carbocycles. The zero-order valence-electron chi connectivity index (χ0n) is 38.5. The molecule has 66 heavy (non-hydrogen) atoms. The fourth-order valence-corrected chi connectivity index (χ4v) is 9.67. The van der Waals surface area contributed by atoms with E-state index in [1.165, 1.54) is 31.3 Å². The Labute approximate surface area is 383 Å². The van der Waals surface area contributed by atoms with E-state index in [1.807, 2.05) is 23.9 Å². The number of rotatable bonds is 22. The minimum absolute atomic E-state index is 0.121. The molecule has 0 unspecified atom stereocenters. The number of hydrogen-bond acceptors (Lipinski definition) is 10. The number of likely N-dealkylation sites (N-methyl/N-ethyl adjacent to an activating group) is 1. The van der Waals surface area contributed by atoms with Crippen molar-refractivity contribution >= 4 is 45.7 Å². The quantitative estimate of drug-likeness (QED) is 0.113. The first-order valence-corrected chi connectivity index (χ1v) is 23.4. The van der Waals surface area contributed by atoms with Crippen LogP contribution in [0.15, 0.2) is 59.5 Å². The predicted molar refractivity (Wildman–Crippen MR) is 235 cm³/mol. The molecule has 4 rings (SSSR count). The molecule has 0 aromatic heterocycles. The minimum atomic E-state index is -5.11. The number of methoxy groups -OCH3 is 2. The smallest absolute Gasteiger partial charge is 0.465 e. The van der Waals surface area contributed by atoms with Crippen LogP contribution in [-0.4, -0.2) is 129 Å². The van der Waals surface area contributed by atoms with Gasteiger partial charge in [0.1, 0.15) is 12.1 Å². The van der Waals surface area contributed by atoms with Crippen LogP contribution in [0.25, 0.3) is 0 Å². The number of carboxylic acid groups (broad SMARTS) is 1. The molecule has 8 atom stereocenters. The summed E-state index contributed by atoms with van der Waals surface area (Å²) in [7, 11) is -0.194. The number of likely N-dealkylation sites (tertiary alicyclic amines) is 1. The summed E-state index contributed by atoms with van der Waals surface area (Å²) in [5.41, 5.74) is -0.456. The highest BCUT2D eigenvalue weighted by atomic mass is 32.2. The summed E-state index contributed by atoms with van der Waals surface area (Å²) < 4.78 is 79.7. The van der Waals surface area contributed by atoms with Crippen LogP contribution in [-0.2, 0) is 55.4 Å². The first kappa shape index (κ1) is 53.3. The summed E-state index contributed by atoms with van der Waals surface area (Å²) >= 11 is 0. The van der Waals surface area contributed by atoms with E-state index in [0.717, 1.165) is 12.1 Å². The Kier molecular flexibility index (Phi) is 18.2. The average molecular weight is 953 g/mol. The van der Waals surface area contributed by atoms with Gasteiger partial charge in [0.2, 0.25) is 17.7 Å². The van der Waals surface area contributed by atoms with Crippen molar-refractivity contribution < 1.29 is 64.9 Å². The number of hydrogen-bond donors (Lipinski definition) is 5. The molecule has 0 bridgehead atoms. The summed E-state index contributed by atoms with van der Waals surface area (Å²) in [6.45, 7) is 9.19. The van der Waals surface area contributed by atoms with Gasteiger partial charge in [-0.3, -0.25) is 24.0 Å². The molecular formula is C45H63F3N6O11S. The van der Waals surface area contributed by atoms with Crippen LogP contribution in [0.2, 0.25) is 0 Å². The molecule has 1 heterocycles. The van der Waals surface area contributed by atoms with Crippen molar-refractivity contribution in [2.75, 3.05) is 27.8 Å². The number of halogens is 3. The maximum absolute atomic E-state index is 14.2. The van der Waals surface area contributed by atoms with Crippen LogP contribution in [0.3, 0.4) is 0 Å². The van der Waals surface area contributed by atoms with E-state index in [1.54, 1.807) is 63.1 Å². The molecule has 2 fully saturated rings. The van der Waals surface area contributed by atoms with E-state index >= 15 is 0 Å². The van der Waals surface area contributed by atoms with Crippen molar-refractivity contribution in [3.63, 3.8) is 0 Å².